The van der Waals surface area contributed by atoms with E-state index in [4.69, 9.17) is 0 Å². The maximum Gasteiger partial charge on any atom is 0.269 e. The molecule has 0 fully saturated rings. The molecular formula is C26H22N6O4. The Morgan fingerprint density at radius 3 is 2.69 bits per heavy atom. The first-order valence-electron chi connectivity index (χ1n) is 11.4. The van der Waals surface area contributed by atoms with Gasteiger partial charge in [-0.2, -0.15) is 5.10 Å². The van der Waals surface area contributed by atoms with Crippen LogP contribution in [0, 0.1) is 10.1 Å². The Hall–Kier alpha value is -4.86. The number of nitro benzene ring substituents is 1. The Morgan fingerprint density at radius 2 is 1.83 bits per heavy atom. The van der Waals surface area contributed by atoms with Gasteiger partial charge < -0.3 is 5.32 Å². The molecule has 0 aliphatic heterocycles. The maximum atomic E-state index is 12.9. The number of carbonyl (C=O) groups is 1. The van der Waals surface area contributed by atoms with E-state index in [-0.39, 0.29) is 30.1 Å². The Morgan fingerprint density at radius 1 is 1.03 bits per heavy atom. The molecule has 0 atom stereocenters. The molecule has 0 spiro atoms. The van der Waals surface area contributed by atoms with Crippen molar-refractivity contribution in [1.29, 1.82) is 0 Å². The molecule has 0 aliphatic rings. The Balaban J connectivity index is 1.24. The molecule has 0 saturated heterocycles. The summed E-state index contributed by atoms with van der Waals surface area (Å²) in [5.74, 6) is -0.102. The molecule has 5 rings (SSSR count). The highest BCUT2D eigenvalue weighted by Crippen LogP contribution is 2.19. The Bertz CT molecular complexity index is 1650. The molecule has 0 unspecified atom stereocenters. The van der Waals surface area contributed by atoms with Crippen molar-refractivity contribution in [2.24, 2.45) is 0 Å². The first kappa shape index (κ1) is 22.9. The number of hydrogen-bond donors (Lipinski definition) is 1. The fourth-order valence-electron chi connectivity index (χ4n) is 4.22. The maximum absolute atomic E-state index is 12.9. The van der Waals surface area contributed by atoms with Gasteiger partial charge in [0.2, 0.25) is 5.91 Å². The monoisotopic (exact) mass is 482 g/mol. The standard InChI is InChI=1S/C26H22N6O4/c33-24(14-20-8-4-7-19-6-1-2-10-22(19)20)27-11-12-31-25-23(15-29-31)26(34)30(17-28-25)16-18-5-3-9-21(13-18)32(35)36/h1-10,13,15,17H,11-12,14,16H2,(H,27,33). The van der Waals surface area contributed by atoms with Crippen LogP contribution in [0.25, 0.3) is 21.8 Å². The first-order chi connectivity index (χ1) is 17.5. The summed E-state index contributed by atoms with van der Waals surface area (Å²) in [6.45, 7) is 0.837. The van der Waals surface area contributed by atoms with E-state index < -0.39 is 4.92 Å². The molecule has 1 N–H and O–H groups in total. The van der Waals surface area contributed by atoms with Crippen molar-refractivity contribution < 1.29 is 9.72 Å². The Kier molecular flexibility index (Phi) is 6.23. The van der Waals surface area contributed by atoms with Gasteiger partial charge in [-0.05, 0) is 21.9 Å². The van der Waals surface area contributed by atoms with Crippen LogP contribution in [0.4, 0.5) is 5.69 Å². The van der Waals surface area contributed by atoms with Gasteiger partial charge >= 0.3 is 0 Å². The molecule has 2 heterocycles. The number of carbonyl (C=O) groups excluding carboxylic acids is 1. The molecule has 2 aromatic heterocycles. The van der Waals surface area contributed by atoms with Crippen LogP contribution >= 0.6 is 0 Å². The minimum absolute atomic E-state index is 0.0371. The molecule has 10 nitrogen and oxygen atoms in total. The normalized spacial score (nSPS) is 11.1. The second-order valence-electron chi connectivity index (χ2n) is 8.37. The summed E-state index contributed by atoms with van der Waals surface area (Å²) in [5, 5.41) is 20.7. The number of hydrogen-bond acceptors (Lipinski definition) is 6. The largest absolute Gasteiger partial charge is 0.354 e. The molecule has 180 valence electrons. The number of nitrogens with one attached hydrogen (secondary N) is 1. The number of amides is 1. The summed E-state index contributed by atoms with van der Waals surface area (Å²) in [7, 11) is 0. The van der Waals surface area contributed by atoms with Gasteiger partial charge in [-0.1, -0.05) is 54.6 Å². The third kappa shape index (κ3) is 4.69. The van der Waals surface area contributed by atoms with Gasteiger partial charge in [-0.3, -0.25) is 24.3 Å². The zero-order chi connectivity index (χ0) is 25.1. The molecule has 0 aliphatic carbocycles. The van der Waals surface area contributed by atoms with Gasteiger partial charge in [-0.25, -0.2) is 9.67 Å². The van der Waals surface area contributed by atoms with E-state index in [1.807, 2.05) is 42.5 Å². The fraction of sp³-hybridized carbons (Fsp3) is 0.154. The number of fused-ring (bicyclic) bond motifs is 2. The summed E-state index contributed by atoms with van der Waals surface area (Å²) in [5.41, 5.74) is 1.66. The number of nitrogens with zero attached hydrogens (tertiary/aromatic N) is 5. The average Bonchev–Trinajstić information content (AvgIpc) is 3.30. The fourth-order valence-corrected chi connectivity index (χ4v) is 4.22. The second kappa shape index (κ2) is 9.79. The van der Waals surface area contributed by atoms with E-state index in [2.05, 4.69) is 15.4 Å². The second-order valence-corrected chi connectivity index (χ2v) is 8.37. The lowest BCUT2D eigenvalue weighted by Crippen LogP contribution is -2.29. The van der Waals surface area contributed by atoms with Crippen LogP contribution in [0.2, 0.25) is 0 Å². The molecule has 1 amide bonds. The molecule has 10 heteroatoms. The van der Waals surface area contributed by atoms with Crippen molar-refractivity contribution in [3.05, 3.63) is 111 Å². The molecule has 3 aromatic carbocycles. The van der Waals surface area contributed by atoms with Gasteiger partial charge in [-0.15, -0.1) is 0 Å². The van der Waals surface area contributed by atoms with Gasteiger partial charge in [0, 0.05) is 18.7 Å². The highest BCUT2D eigenvalue weighted by Gasteiger charge is 2.13. The number of benzene rings is 3. The van der Waals surface area contributed by atoms with E-state index in [9.17, 15) is 19.7 Å². The summed E-state index contributed by atoms with van der Waals surface area (Å²) < 4.78 is 2.96. The Labute approximate surface area is 205 Å². The minimum Gasteiger partial charge on any atom is -0.354 e. The lowest BCUT2D eigenvalue weighted by atomic mass is 10.0. The first-order valence-corrected chi connectivity index (χ1v) is 11.4. The van der Waals surface area contributed by atoms with Crippen molar-refractivity contribution >= 4 is 33.4 Å². The van der Waals surface area contributed by atoms with Gasteiger partial charge in [0.1, 0.15) is 11.7 Å². The molecule has 36 heavy (non-hydrogen) atoms. The van der Waals surface area contributed by atoms with Crippen molar-refractivity contribution in [3.63, 3.8) is 0 Å². The van der Waals surface area contributed by atoms with Crippen molar-refractivity contribution in [2.45, 2.75) is 19.5 Å². The SMILES string of the molecule is O=C(Cc1cccc2ccccc12)NCCn1ncc2c(=O)n(Cc3cccc([N+](=O)[O-])c3)cnc21. The van der Waals surface area contributed by atoms with E-state index in [1.54, 1.807) is 16.8 Å². The van der Waals surface area contributed by atoms with E-state index >= 15 is 0 Å². The van der Waals surface area contributed by atoms with Crippen LogP contribution in [0.3, 0.4) is 0 Å². The summed E-state index contributed by atoms with van der Waals surface area (Å²) >= 11 is 0. The predicted molar refractivity (Wildman–Crippen MR) is 135 cm³/mol. The highest BCUT2D eigenvalue weighted by atomic mass is 16.6. The predicted octanol–water partition coefficient (Wildman–Crippen LogP) is 3.06. The van der Waals surface area contributed by atoms with Gasteiger partial charge in [0.25, 0.3) is 11.2 Å². The molecule has 0 radical (unpaired) electrons. The van der Waals surface area contributed by atoms with Crippen LogP contribution < -0.4 is 10.9 Å². The number of nitro groups is 1. The lowest BCUT2D eigenvalue weighted by Gasteiger charge is -2.09. The smallest absolute Gasteiger partial charge is 0.269 e. The third-order valence-electron chi connectivity index (χ3n) is 5.97. The summed E-state index contributed by atoms with van der Waals surface area (Å²) in [4.78, 5) is 40.4. The minimum atomic E-state index is -0.474. The van der Waals surface area contributed by atoms with Crippen LogP contribution in [-0.2, 0) is 24.3 Å². The van der Waals surface area contributed by atoms with E-state index in [0.717, 1.165) is 16.3 Å². The van der Waals surface area contributed by atoms with Gasteiger partial charge in [0.05, 0.1) is 30.6 Å². The van der Waals surface area contributed by atoms with Gasteiger partial charge in [0.15, 0.2) is 5.65 Å². The average molecular weight is 483 g/mol. The number of rotatable bonds is 8. The number of aromatic nitrogens is 4. The molecular weight excluding hydrogens is 460 g/mol. The van der Waals surface area contributed by atoms with E-state index in [0.29, 0.717) is 29.7 Å². The third-order valence-corrected chi connectivity index (χ3v) is 5.97. The zero-order valence-corrected chi connectivity index (χ0v) is 19.2. The molecule has 5 aromatic rings. The van der Waals surface area contributed by atoms with Crippen LogP contribution in [0.15, 0.2) is 84.0 Å². The quantitative estimate of drug-likeness (QED) is 0.268. The zero-order valence-electron chi connectivity index (χ0n) is 19.2. The van der Waals surface area contributed by atoms with Crippen molar-refractivity contribution in [2.75, 3.05) is 6.54 Å². The summed E-state index contributed by atoms with van der Waals surface area (Å²) in [6.07, 6.45) is 3.12. The topological polar surface area (TPSA) is 125 Å². The molecule has 0 bridgehead atoms. The van der Waals surface area contributed by atoms with Crippen LogP contribution in [0.5, 0.6) is 0 Å². The van der Waals surface area contributed by atoms with E-state index in [1.165, 1.54) is 29.2 Å². The van der Waals surface area contributed by atoms with Crippen LogP contribution in [-0.4, -0.2) is 36.7 Å². The summed E-state index contributed by atoms with van der Waals surface area (Å²) in [6, 6.07) is 20.0. The van der Waals surface area contributed by atoms with Crippen molar-refractivity contribution in [3.8, 4) is 0 Å². The molecule has 0 saturated carbocycles. The van der Waals surface area contributed by atoms with Crippen LogP contribution in [0.1, 0.15) is 11.1 Å². The van der Waals surface area contributed by atoms with Crippen molar-refractivity contribution in [1.82, 2.24) is 24.6 Å². The highest BCUT2D eigenvalue weighted by molar-refractivity contribution is 5.90. The lowest BCUT2D eigenvalue weighted by molar-refractivity contribution is -0.384. The number of non-ortho nitro benzene ring substituents is 1.